The summed E-state index contributed by atoms with van der Waals surface area (Å²) in [6.07, 6.45) is 3.03. The van der Waals surface area contributed by atoms with Gasteiger partial charge in [-0.25, -0.2) is 8.42 Å². The number of methoxy groups -OCH3 is 1. The maximum absolute atomic E-state index is 12.1. The molecule has 0 unspecified atom stereocenters. The number of aliphatic hydroxyl groups is 1. The number of nitrogens with zero attached hydrogens (tertiary/aromatic N) is 2. The third-order valence-electron chi connectivity index (χ3n) is 2.51. The molecule has 0 bridgehead atoms. The fraction of sp³-hybridized carbons (Fsp3) is 0.364. The van der Waals surface area contributed by atoms with E-state index in [4.69, 9.17) is 9.84 Å². The summed E-state index contributed by atoms with van der Waals surface area (Å²) in [6.45, 7) is 0.874. The predicted molar refractivity (Wildman–Crippen MR) is 75.2 cm³/mol. The molecule has 0 spiro atoms. The van der Waals surface area contributed by atoms with Crippen molar-refractivity contribution >= 4 is 27.0 Å². The largest absolute Gasteiger partial charge is 0.391 e. The van der Waals surface area contributed by atoms with Crippen molar-refractivity contribution in [1.82, 2.24) is 9.78 Å². The van der Waals surface area contributed by atoms with E-state index in [2.05, 4.69) is 9.82 Å². The lowest BCUT2D eigenvalue weighted by molar-refractivity contribution is 0.183. The first-order valence-corrected chi connectivity index (χ1v) is 8.14. The van der Waals surface area contributed by atoms with Crippen LogP contribution in [0, 0.1) is 0 Å². The second-order valence-corrected chi connectivity index (χ2v) is 6.68. The van der Waals surface area contributed by atoms with Gasteiger partial charge >= 0.3 is 0 Å². The van der Waals surface area contributed by atoms with Crippen LogP contribution in [-0.2, 0) is 27.9 Å². The van der Waals surface area contributed by atoms with E-state index < -0.39 is 10.0 Å². The topological polar surface area (TPSA) is 93.5 Å². The normalized spacial score (nSPS) is 11.7. The highest BCUT2D eigenvalue weighted by Crippen LogP contribution is 2.21. The summed E-state index contributed by atoms with van der Waals surface area (Å²) >= 11 is 1.20. The lowest BCUT2D eigenvalue weighted by atomic mass is 10.5. The summed E-state index contributed by atoms with van der Waals surface area (Å²) in [7, 11) is -2.06. The number of rotatable bonds is 7. The van der Waals surface area contributed by atoms with Crippen molar-refractivity contribution in [2.24, 2.45) is 0 Å². The number of hydrogen-bond donors (Lipinski definition) is 2. The number of anilines is 1. The van der Waals surface area contributed by atoms with Crippen LogP contribution >= 0.6 is 11.3 Å². The molecule has 110 valence electrons. The predicted octanol–water partition coefficient (Wildman–Crippen LogP) is 0.884. The van der Waals surface area contributed by atoms with Gasteiger partial charge in [-0.15, -0.1) is 11.3 Å². The minimum atomic E-state index is -3.65. The molecule has 0 amide bonds. The quantitative estimate of drug-likeness (QED) is 0.791. The molecule has 2 aromatic heterocycles. The van der Waals surface area contributed by atoms with Gasteiger partial charge in [0, 0.05) is 23.6 Å². The molecule has 2 N–H and O–H groups in total. The van der Waals surface area contributed by atoms with E-state index in [1.165, 1.54) is 29.0 Å². The van der Waals surface area contributed by atoms with Crippen LogP contribution in [-0.4, -0.2) is 37.0 Å². The van der Waals surface area contributed by atoms with Crippen LogP contribution in [0.1, 0.15) is 4.88 Å². The average molecular weight is 317 g/mol. The third kappa shape index (κ3) is 3.57. The first kappa shape index (κ1) is 15.0. The van der Waals surface area contributed by atoms with E-state index in [-0.39, 0.29) is 11.5 Å². The molecule has 2 heterocycles. The van der Waals surface area contributed by atoms with E-state index in [0.717, 1.165) is 0 Å². The fourth-order valence-electron chi connectivity index (χ4n) is 1.52. The molecule has 0 radical (unpaired) electrons. The lowest BCUT2D eigenvalue weighted by Gasteiger charge is -2.03. The molecule has 0 aliphatic carbocycles. The Labute approximate surface area is 120 Å². The Morgan fingerprint density at radius 3 is 3.00 bits per heavy atom. The van der Waals surface area contributed by atoms with Crippen molar-refractivity contribution in [1.29, 1.82) is 0 Å². The maximum Gasteiger partial charge on any atom is 0.262 e. The molecule has 2 aromatic rings. The summed E-state index contributed by atoms with van der Waals surface area (Å²) in [6, 6.07) is 1.45. The minimum absolute atomic E-state index is 0.135. The smallest absolute Gasteiger partial charge is 0.262 e. The molecule has 7 nitrogen and oxygen atoms in total. The van der Waals surface area contributed by atoms with Gasteiger partial charge in [0.2, 0.25) is 0 Å². The highest BCUT2D eigenvalue weighted by molar-refractivity contribution is 7.92. The maximum atomic E-state index is 12.1. The van der Waals surface area contributed by atoms with Crippen molar-refractivity contribution in [3.8, 4) is 0 Å². The standard InChI is InChI=1S/C11H15N3O4S2/c1-18-3-2-14-6-9(5-12-14)13-20(16,17)11-4-10(7-15)19-8-11/h4-6,8,13,15H,2-3,7H2,1H3. The van der Waals surface area contributed by atoms with Crippen LogP contribution in [0.5, 0.6) is 0 Å². The average Bonchev–Trinajstić information content (AvgIpc) is 3.04. The molecule has 0 aliphatic heterocycles. The first-order chi connectivity index (χ1) is 9.55. The van der Waals surface area contributed by atoms with Crippen molar-refractivity contribution in [2.75, 3.05) is 18.4 Å². The number of thiophene rings is 1. The monoisotopic (exact) mass is 317 g/mol. The molecule has 0 aliphatic rings. The zero-order valence-corrected chi connectivity index (χ0v) is 12.4. The Morgan fingerprint density at radius 1 is 1.55 bits per heavy atom. The van der Waals surface area contributed by atoms with E-state index >= 15 is 0 Å². The number of ether oxygens (including phenoxy) is 1. The van der Waals surface area contributed by atoms with Gasteiger partial charge in [0.15, 0.2) is 0 Å². The third-order valence-corrected chi connectivity index (χ3v) is 4.94. The second kappa shape index (κ2) is 6.35. The number of nitrogens with one attached hydrogen (secondary N) is 1. The SMILES string of the molecule is COCCn1cc(NS(=O)(=O)c2csc(CO)c2)cn1. The van der Waals surface area contributed by atoms with Crippen LogP contribution in [0.4, 0.5) is 5.69 Å². The highest BCUT2D eigenvalue weighted by atomic mass is 32.2. The Hall–Kier alpha value is -1.42. The Morgan fingerprint density at radius 2 is 2.35 bits per heavy atom. The zero-order chi connectivity index (χ0) is 14.6. The van der Waals surface area contributed by atoms with Crippen molar-refractivity contribution in [3.63, 3.8) is 0 Å². The van der Waals surface area contributed by atoms with Crippen LogP contribution in [0.3, 0.4) is 0 Å². The van der Waals surface area contributed by atoms with Gasteiger partial charge in [0.1, 0.15) is 0 Å². The number of aliphatic hydroxyl groups excluding tert-OH is 1. The van der Waals surface area contributed by atoms with Gasteiger partial charge < -0.3 is 9.84 Å². The summed E-state index contributed by atoms with van der Waals surface area (Å²) in [5, 5.41) is 14.5. The van der Waals surface area contributed by atoms with E-state index in [1.807, 2.05) is 0 Å². The minimum Gasteiger partial charge on any atom is -0.391 e. The van der Waals surface area contributed by atoms with Gasteiger partial charge in [-0.3, -0.25) is 9.40 Å². The van der Waals surface area contributed by atoms with Crippen molar-refractivity contribution in [2.45, 2.75) is 18.0 Å². The highest BCUT2D eigenvalue weighted by Gasteiger charge is 2.17. The zero-order valence-electron chi connectivity index (χ0n) is 10.8. The Kier molecular flexibility index (Phi) is 4.76. The van der Waals surface area contributed by atoms with Crippen LogP contribution in [0.2, 0.25) is 0 Å². The van der Waals surface area contributed by atoms with Gasteiger partial charge in [-0.05, 0) is 6.07 Å². The van der Waals surface area contributed by atoms with Gasteiger partial charge in [0.05, 0.1) is 36.5 Å². The van der Waals surface area contributed by atoms with E-state index in [0.29, 0.717) is 23.7 Å². The molecule has 2 rings (SSSR count). The van der Waals surface area contributed by atoms with Gasteiger partial charge in [-0.2, -0.15) is 5.10 Å². The Bertz CT molecular complexity index is 663. The van der Waals surface area contributed by atoms with E-state index in [1.54, 1.807) is 18.0 Å². The number of sulfonamides is 1. The number of aromatic nitrogens is 2. The molecule has 0 aromatic carbocycles. The van der Waals surface area contributed by atoms with Gasteiger partial charge in [-0.1, -0.05) is 0 Å². The molecular weight excluding hydrogens is 302 g/mol. The van der Waals surface area contributed by atoms with Crippen LogP contribution in [0.15, 0.2) is 28.7 Å². The summed E-state index contributed by atoms with van der Waals surface area (Å²) in [4.78, 5) is 0.734. The number of hydrogen-bond acceptors (Lipinski definition) is 6. The lowest BCUT2D eigenvalue weighted by Crippen LogP contribution is -2.11. The molecule has 0 atom stereocenters. The van der Waals surface area contributed by atoms with Crippen LogP contribution < -0.4 is 4.72 Å². The molecule has 0 fully saturated rings. The summed E-state index contributed by atoms with van der Waals surface area (Å²) in [5.74, 6) is 0. The van der Waals surface area contributed by atoms with Crippen molar-refractivity contribution < 1.29 is 18.3 Å². The fourth-order valence-corrected chi connectivity index (χ4v) is 3.68. The summed E-state index contributed by atoms with van der Waals surface area (Å²) < 4.78 is 33.2. The molecular formula is C11H15N3O4S2. The summed E-state index contributed by atoms with van der Waals surface area (Å²) in [5.41, 5.74) is 0.387. The van der Waals surface area contributed by atoms with E-state index in [9.17, 15) is 8.42 Å². The van der Waals surface area contributed by atoms with Crippen molar-refractivity contribution in [3.05, 3.63) is 28.7 Å². The molecule has 0 saturated carbocycles. The van der Waals surface area contributed by atoms with Crippen LogP contribution in [0.25, 0.3) is 0 Å². The second-order valence-electron chi connectivity index (χ2n) is 4.00. The molecule has 20 heavy (non-hydrogen) atoms. The first-order valence-electron chi connectivity index (χ1n) is 5.77. The molecule has 0 saturated heterocycles. The van der Waals surface area contributed by atoms with Gasteiger partial charge in [0.25, 0.3) is 10.0 Å². The molecule has 9 heteroatoms. The Balaban J connectivity index is 2.09.